The van der Waals surface area contributed by atoms with E-state index >= 15 is 0 Å². The van der Waals surface area contributed by atoms with Crippen LogP contribution in [0.5, 0.6) is 0 Å². The van der Waals surface area contributed by atoms with Crippen molar-refractivity contribution in [3.8, 4) is 0 Å². The predicted molar refractivity (Wildman–Crippen MR) is 116 cm³/mol. The van der Waals surface area contributed by atoms with Gasteiger partial charge in [-0.05, 0) is 26.2 Å². The SMILES string of the molecule is CCNC(=NCc1nncn1C)NC1CCN(C(=O)C2CCCCC2)C1.I. The summed E-state index contributed by atoms with van der Waals surface area (Å²) in [5.74, 6) is 2.20. The van der Waals surface area contributed by atoms with Crippen molar-refractivity contribution < 1.29 is 4.79 Å². The van der Waals surface area contributed by atoms with E-state index in [1.165, 1.54) is 19.3 Å². The molecule has 1 amide bonds. The van der Waals surface area contributed by atoms with E-state index < -0.39 is 0 Å². The molecule has 0 radical (unpaired) electrons. The second-order valence-electron chi connectivity index (χ2n) is 7.30. The van der Waals surface area contributed by atoms with Gasteiger partial charge in [0.2, 0.25) is 5.91 Å². The fourth-order valence-electron chi connectivity index (χ4n) is 3.80. The van der Waals surface area contributed by atoms with Gasteiger partial charge >= 0.3 is 0 Å². The van der Waals surface area contributed by atoms with Crippen LogP contribution in [0, 0.1) is 5.92 Å². The molecular weight excluding hydrogens is 457 g/mol. The van der Waals surface area contributed by atoms with Crippen molar-refractivity contribution >= 4 is 35.8 Å². The van der Waals surface area contributed by atoms with Crippen LogP contribution in [-0.4, -0.2) is 57.2 Å². The molecule has 0 bridgehead atoms. The summed E-state index contributed by atoms with van der Waals surface area (Å²) in [4.78, 5) is 19.4. The van der Waals surface area contributed by atoms with Gasteiger partial charge < -0.3 is 20.1 Å². The fourth-order valence-corrected chi connectivity index (χ4v) is 3.80. The molecule has 1 saturated carbocycles. The standard InChI is InChI=1S/C18H31N7O.HI/c1-3-19-18(20-11-16-23-21-13-24(16)2)22-15-9-10-25(12-15)17(26)14-7-5-4-6-8-14;/h13-15H,3-12H2,1-2H3,(H2,19,20,22);1H. The van der Waals surface area contributed by atoms with Gasteiger partial charge in [-0.2, -0.15) is 0 Å². The molecule has 1 aliphatic carbocycles. The Bertz CT molecular complexity index is 627. The predicted octanol–water partition coefficient (Wildman–Crippen LogP) is 1.67. The molecule has 1 atom stereocenters. The highest BCUT2D eigenvalue weighted by molar-refractivity contribution is 14.0. The van der Waals surface area contributed by atoms with Gasteiger partial charge in [-0.15, -0.1) is 34.2 Å². The number of nitrogens with one attached hydrogen (secondary N) is 2. The lowest BCUT2D eigenvalue weighted by Gasteiger charge is -2.26. The maximum atomic E-state index is 12.7. The van der Waals surface area contributed by atoms with Gasteiger partial charge in [0.15, 0.2) is 11.8 Å². The normalized spacial score (nSPS) is 21.0. The number of carbonyl (C=O) groups is 1. The van der Waals surface area contributed by atoms with E-state index in [2.05, 4.69) is 25.8 Å². The highest BCUT2D eigenvalue weighted by Gasteiger charge is 2.31. The summed E-state index contributed by atoms with van der Waals surface area (Å²) in [6, 6.07) is 0.250. The summed E-state index contributed by atoms with van der Waals surface area (Å²) in [7, 11) is 1.91. The Kier molecular flexibility index (Phi) is 8.78. The van der Waals surface area contributed by atoms with Crippen LogP contribution < -0.4 is 10.6 Å². The van der Waals surface area contributed by atoms with Crippen molar-refractivity contribution in [3.05, 3.63) is 12.2 Å². The third-order valence-corrected chi connectivity index (χ3v) is 5.32. The van der Waals surface area contributed by atoms with Crippen molar-refractivity contribution in [3.63, 3.8) is 0 Å². The molecule has 2 heterocycles. The maximum Gasteiger partial charge on any atom is 0.225 e. The first kappa shape index (κ1) is 21.9. The van der Waals surface area contributed by atoms with Crippen molar-refractivity contribution in [2.24, 2.45) is 18.0 Å². The second-order valence-corrected chi connectivity index (χ2v) is 7.30. The van der Waals surface area contributed by atoms with Crippen LogP contribution in [0.25, 0.3) is 0 Å². The summed E-state index contributed by atoms with van der Waals surface area (Å²) >= 11 is 0. The zero-order valence-corrected chi connectivity index (χ0v) is 18.7. The Morgan fingerprint density at radius 3 is 2.74 bits per heavy atom. The maximum absolute atomic E-state index is 12.7. The Morgan fingerprint density at radius 2 is 2.07 bits per heavy atom. The summed E-state index contributed by atoms with van der Waals surface area (Å²) in [6.07, 6.45) is 8.45. The number of guanidine groups is 1. The molecule has 1 saturated heterocycles. The van der Waals surface area contributed by atoms with Crippen molar-refractivity contribution in [2.45, 2.75) is 58.0 Å². The van der Waals surface area contributed by atoms with Crippen molar-refractivity contribution in [1.82, 2.24) is 30.3 Å². The third-order valence-electron chi connectivity index (χ3n) is 5.32. The van der Waals surface area contributed by atoms with Crippen LogP contribution in [0.4, 0.5) is 0 Å². The number of aliphatic imine (C=N–C) groups is 1. The number of hydrogen-bond acceptors (Lipinski definition) is 4. The van der Waals surface area contributed by atoms with Crippen LogP contribution in [0.15, 0.2) is 11.3 Å². The molecule has 8 nitrogen and oxygen atoms in total. The molecule has 152 valence electrons. The van der Waals surface area contributed by atoms with Gasteiger partial charge in [-0.25, -0.2) is 4.99 Å². The largest absolute Gasteiger partial charge is 0.357 e. The molecule has 2 fully saturated rings. The second kappa shape index (κ2) is 10.8. The van der Waals surface area contributed by atoms with Gasteiger partial charge in [0.1, 0.15) is 12.9 Å². The van der Waals surface area contributed by atoms with Crippen LogP contribution in [0.1, 0.15) is 51.3 Å². The zero-order valence-electron chi connectivity index (χ0n) is 16.4. The lowest BCUT2D eigenvalue weighted by Crippen LogP contribution is -2.45. The van der Waals surface area contributed by atoms with E-state index in [9.17, 15) is 4.79 Å². The molecule has 3 rings (SSSR count). The lowest BCUT2D eigenvalue weighted by molar-refractivity contribution is -0.135. The summed E-state index contributed by atoms with van der Waals surface area (Å²) in [6.45, 7) is 4.93. The number of rotatable bonds is 5. The molecule has 1 aromatic heterocycles. The van der Waals surface area contributed by atoms with E-state index in [1.807, 2.05) is 23.4 Å². The smallest absolute Gasteiger partial charge is 0.225 e. The first-order valence-corrected chi connectivity index (χ1v) is 9.84. The van der Waals surface area contributed by atoms with Gasteiger partial charge in [-0.1, -0.05) is 19.3 Å². The highest BCUT2D eigenvalue weighted by Crippen LogP contribution is 2.26. The summed E-state index contributed by atoms with van der Waals surface area (Å²) < 4.78 is 1.87. The minimum Gasteiger partial charge on any atom is -0.357 e. The summed E-state index contributed by atoms with van der Waals surface area (Å²) in [5, 5.41) is 14.7. The number of amides is 1. The number of carbonyl (C=O) groups excluding carboxylic acids is 1. The van der Waals surface area contributed by atoms with Crippen LogP contribution in [0.3, 0.4) is 0 Å². The Labute approximate surface area is 178 Å². The monoisotopic (exact) mass is 489 g/mol. The number of hydrogen-bond donors (Lipinski definition) is 2. The van der Waals surface area contributed by atoms with Crippen molar-refractivity contribution in [2.75, 3.05) is 19.6 Å². The molecule has 0 spiro atoms. The number of likely N-dealkylation sites (tertiary alicyclic amines) is 1. The topological polar surface area (TPSA) is 87.4 Å². The van der Waals surface area contributed by atoms with Gasteiger partial charge in [0.25, 0.3) is 0 Å². The molecule has 1 aliphatic heterocycles. The quantitative estimate of drug-likeness (QED) is 0.374. The van der Waals surface area contributed by atoms with Crippen LogP contribution >= 0.6 is 24.0 Å². The van der Waals surface area contributed by atoms with Gasteiger partial charge in [0, 0.05) is 38.6 Å². The molecule has 0 aromatic carbocycles. The number of aryl methyl sites for hydroxylation is 1. The minimum atomic E-state index is 0. The van der Waals surface area contributed by atoms with E-state index in [0.717, 1.165) is 50.7 Å². The average Bonchev–Trinajstić information content (AvgIpc) is 3.29. The number of nitrogens with zero attached hydrogens (tertiary/aromatic N) is 5. The van der Waals surface area contributed by atoms with E-state index in [-0.39, 0.29) is 35.9 Å². The molecule has 9 heteroatoms. The van der Waals surface area contributed by atoms with Gasteiger partial charge in [0.05, 0.1) is 0 Å². The highest BCUT2D eigenvalue weighted by atomic mass is 127. The van der Waals surface area contributed by atoms with E-state index in [1.54, 1.807) is 6.33 Å². The van der Waals surface area contributed by atoms with Crippen LogP contribution in [0.2, 0.25) is 0 Å². The number of aromatic nitrogens is 3. The Morgan fingerprint density at radius 1 is 1.30 bits per heavy atom. The fraction of sp³-hybridized carbons (Fsp3) is 0.778. The molecule has 2 aliphatic rings. The van der Waals surface area contributed by atoms with Crippen molar-refractivity contribution in [1.29, 1.82) is 0 Å². The first-order valence-electron chi connectivity index (χ1n) is 9.84. The minimum absolute atomic E-state index is 0. The Balaban J connectivity index is 0.00000261. The average molecular weight is 489 g/mol. The van der Waals surface area contributed by atoms with Gasteiger partial charge in [-0.3, -0.25) is 4.79 Å². The lowest BCUT2D eigenvalue weighted by atomic mass is 9.88. The molecule has 27 heavy (non-hydrogen) atoms. The molecule has 2 N–H and O–H groups in total. The first-order chi connectivity index (χ1) is 12.7. The summed E-state index contributed by atoms with van der Waals surface area (Å²) in [5.41, 5.74) is 0. The van der Waals surface area contributed by atoms with Crippen LogP contribution in [-0.2, 0) is 18.4 Å². The number of halogens is 1. The Hall–Kier alpha value is -1.39. The molecular formula is C18H32IN7O. The zero-order chi connectivity index (χ0) is 18.4. The third kappa shape index (κ3) is 6.05. The molecule has 1 unspecified atom stereocenters. The van der Waals surface area contributed by atoms with E-state index in [4.69, 9.17) is 0 Å². The molecule has 1 aromatic rings. The van der Waals surface area contributed by atoms with E-state index in [0.29, 0.717) is 12.5 Å².